The van der Waals surface area contributed by atoms with E-state index in [0.29, 0.717) is 23.4 Å². The fourth-order valence-corrected chi connectivity index (χ4v) is 1.01. The van der Waals surface area contributed by atoms with Gasteiger partial charge in [-0.05, 0) is 29.3 Å². The summed E-state index contributed by atoms with van der Waals surface area (Å²) in [5, 5.41) is 12.7. The minimum absolute atomic E-state index is 0.472. The van der Waals surface area contributed by atoms with E-state index in [-0.39, 0.29) is 0 Å². The van der Waals surface area contributed by atoms with E-state index in [1.165, 1.54) is 0 Å². The molecule has 1 heterocycles. The lowest BCUT2D eigenvalue weighted by atomic mass is 10.0. The predicted molar refractivity (Wildman–Crippen MR) is 59.1 cm³/mol. The summed E-state index contributed by atoms with van der Waals surface area (Å²) in [6.07, 6.45) is 3.93. The highest BCUT2D eigenvalue weighted by atomic mass is 79.9. The number of anilines is 1. The minimum atomic E-state index is -0.700. The van der Waals surface area contributed by atoms with Crippen LogP contribution in [0.25, 0.3) is 0 Å². The van der Waals surface area contributed by atoms with Gasteiger partial charge in [0.1, 0.15) is 10.4 Å². The summed E-state index contributed by atoms with van der Waals surface area (Å²) in [6, 6.07) is 0. The summed E-state index contributed by atoms with van der Waals surface area (Å²) in [4.78, 5) is 8.10. The van der Waals surface area contributed by atoms with Crippen molar-refractivity contribution in [3.63, 3.8) is 0 Å². The number of halogens is 1. The zero-order valence-electron chi connectivity index (χ0n) is 8.29. The number of nitrogens with zero attached hydrogens (tertiary/aromatic N) is 2. The third-order valence-corrected chi connectivity index (χ3v) is 2.44. The topological polar surface area (TPSA) is 58.0 Å². The normalized spacial score (nSPS) is 14.9. The Bertz CT molecular complexity index is 287. The molecule has 1 unspecified atom stereocenters. The van der Waals surface area contributed by atoms with Gasteiger partial charge in [-0.2, -0.15) is 0 Å². The van der Waals surface area contributed by atoms with E-state index >= 15 is 0 Å². The molecule has 5 heteroatoms. The standard InChI is InChI=1S/C9H14BrN3O/c1-3-9(2,14)6-13-8-5-11-7(10)4-12-8/h4-5,14H,3,6H2,1-2H3,(H,12,13). The van der Waals surface area contributed by atoms with Crippen molar-refractivity contribution >= 4 is 21.7 Å². The lowest BCUT2D eigenvalue weighted by Gasteiger charge is -2.21. The molecule has 0 aromatic carbocycles. The third-order valence-electron chi connectivity index (χ3n) is 2.03. The van der Waals surface area contributed by atoms with Crippen molar-refractivity contribution in [1.82, 2.24) is 9.97 Å². The molecule has 1 atom stereocenters. The number of rotatable bonds is 4. The number of aromatic nitrogens is 2. The molecular weight excluding hydrogens is 246 g/mol. The maximum Gasteiger partial charge on any atom is 0.144 e. The molecule has 0 aliphatic heterocycles. The quantitative estimate of drug-likeness (QED) is 0.866. The summed E-state index contributed by atoms with van der Waals surface area (Å²) in [5.41, 5.74) is -0.700. The first-order chi connectivity index (χ1) is 6.53. The first-order valence-corrected chi connectivity index (χ1v) is 5.26. The van der Waals surface area contributed by atoms with Gasteiger partial charge in [-0.25, -0.2) is 9.97 Å². The Labute approximate surface area is 91.9 Å². The predicted octanol–water partition coefficient (Wildman–Crippen LogP) is 1.81. The smallest absolute Gasteiger partial charge is 0.144 e. The van der Waals surface area contributed by atoms with Crippen LogP contribution in [0, 0.1) is 0 Å². The Hall–Kier alpha value is -0.680. The molecule has 0 radical (unpaired) electrons. The molecule has 0 amide bonds. The lowest BCUT2D eigenvalue weighted by Crippen LogP contribution is -2.32. The molecule has 0 bridgehead atoms. The van der Waals surface area contributed by atoms with Crippen LogP contribution in [0.3, 0.4) is 0 Å². The van der Waals surface area contributed by atoms with Crippen LogP contribution in [0.4, 0.5) is 5.82 Å². The van der Waals surface area contributed by atoms with E-state index in [9.17, 15) is 5.11 Å². The van der Waals surface area contributed by atoms with Crippen LogP contribution in [0.15, 0.2) is 17.0 Å². The second-order valence-corrected chi connectivity index (χ2v) is 4.24. The second-order valence-electron chi connectivity index (χ2n) is 3.43. The average Bonchev–Trinajstić information content (AvgIpc) is 2.17. The SMILES string of the molecule is CCC(C)(O)CNc1cnc(Br)cn1. The zero-order chi connectivity index (χ0) is 10.6. The molecule has 2 N–H and O–H groups in total. The molecule has 0 aliphatic rings. The Morgan fingerprint density at radius 2 is 2.21 bits per heavy atom. The molecule has 0 saturated heterocycles. The first-order valence-electron chi connectivity index (χ1n) is 4.47. The number of aliphatic hydroxyl groups is 1. The molecule has 0 fully saturated rings. The van der Waals surface area contributed by atoms with Crippen LogP contribution in [-0.4, -0.2) is 27.2 Å². The summed E-state index contributed by atoms with van der Waals surface area (Å²) >= 11 is 3.20. The van der Waals surface area contributed by atoms with Crippen molar-refractivity contribution in [1.29, 1.82) is 0 Å². The van der Waals surface area contributed by atoms with Gasteiger partial charge < -0.3 is 10.4 Å². The van der Waals surface area contributed by atoms with Crippen LogP contribution < -0.4 is 5.32 Å². The molecule has 0 spiro atoms. The number of hydrogen-bond acceptors (Lipinski definition) is 4. The molecule has 4 nitrogen and oxygen atoms in total. The molecule has 14 heavy (non-hydrogen) atoms. The first kappa shape index (κ1) is 11.4. The summed E-state index contributed by atoms with van der Waals surface area (Å²) in [6.45, 7) is 4.20. The van der Waals surface area contributed by atoms with Gasteiger partial charge in [-0.15, -0.1) is 0 Å². The highest BCUT2D eigenvalue weighted by Crippen LogP contribution is 2.11. The van der Waals surface area contributed by atoms with E-state index in [1.54, 1.807) is 19.3 Å². The van der Waals surface area contributed by atoms with Gasteiger partial charge in [0.15, 0.2) is 0 Å². The maximum atomic E-state index is 9.72. The van der Waals surface area contributed by atoms with Crippen LogP contribution in [-0.2, 0) is 0 Å². The average molecular weight is 260 g/mol. The molecule has 1 aromatic rings. The van der Waals surface area contributed by atoms with Gasteiger partial charge in [-0.3, -0.25) is 0 Å². The van der Waals surface area contributed by atoms with Crippen molar-refractivity contribution in [3.05, 3.63) is 17.0 Å². The Balaban J connectivity index is 2.50. The molecule has 78 valence electrons. The molecular formula is C9H14BrN3O. The summed E-state index contributed by atoms with van der Waals surface area (Å²) in [7, 11) is 0. The Kier molecular flexibility index (Phi) is 3.83. The Morgan fingerprint density at radius 1 is 1.50 bits per heavy atom. The van der Waals surface area contributed by atoms with Gasteiger partial charge in [0.25, 0.3) is 0 Å². The number of hydrogen-bond donors (Lipinski definition) is 2. The monoisotopic (exact) mass is 259 g/mol. The fraction of sp³-hybridized carbons (Fsp3) is 0.556. The van der Waals surface area contributed by atoms with Gasteiger partial charge in [0, 0.05) is 6.54 Å². The van der Waals surface area contributed by atoms with E-state index in [1.807, 2.05) is 6.92 Å². The van der Waals surface area contributed by atoms with E-state index in [0.717, 1.165) is 0 Å². The van der Waals surface area contributed by atoms with Crippen molar-refractivity contribution in [2.24, 2.45) is 0 Å². The van der Waals surface area contributed by atoms with Crippen molar-refractivity contribution in [2.75, 3.05) is 11.9 Å². The second kappa shape index (κ2) is 4.70. The summed E-state index contributed by atoms with van der Waals surface area (Å²) in [5.74, 6) is 0.668. The highest BCUT2D eigenvalue weighted by molar-refractivity contribution is 9.10. The largest absolute Gasteiger partial charge is 0.388 e. The maximum absolute atomic E-state index is 9.72. The van der Waals surface area contributed by atoms with E-state index in [4.69, 9.17) is 0 Å². The lowest BCUT2D eigenvalue weighted by molar-refractivity contribution is 0.0696. The molecule has 1 aromatic heterocycles. The van der Waals surface area contributed by atoms with Crippen LogP contribution in [0.2, 0.25) is 0 Å². The number of nitrogens with one attached hydrogen (secondary N) is 1. The van der Waals surface area contributed by atoms with Crippen molar-refractivity contribution in [2.45, 2.75) is 25.9 Å². The fourth-order valence-electron chi connectivity index (χ4n) is 0.810. The summed E-state index contributed by atoms with van der Waals surface area (Å²) < 4.78 is 0.699. The van der Waals surface area contributed by atoms with Gasteiger partial charge in [0.05, 0.1) is 18.0 Å². The zero-order valence-corrected chi connectivity index (χ0v) is 9.87. The van der Waals surface area contributed by atoms with E-state index in [2.05, 4.69) is 31.2 Å². The minimum Gasteiger partial charge on any atom is -0.388 e. The van der Waals surface area contributed by atoms with Crippen LogP contribution in [0.5, 0.6) is 0 Å². The van der Waals surface area contributed by atoms with Crippen LogP contribution >= 0.6 is 15.9 Å². The highest BCUT2D eigenvalue weighted by Gasteiger charge is 2.16. The molecule has 0 saturated carbocycles. The Morgan fingerprint density at radius 3 is 2.71 bits per heavy atom. The van der Waals surface area contributed by atoms with Gasteiger partial charge in [-0.1, -0.05) is 6.92 Å². The van der Waals surface area contributed by atoms with E-state index < -0.39 is 5.60 Å². The van der Waals surface area contributed by atoms with Gasteiger partial charge >= 0.3 is 0 Å². The van der Waals surface area contributed by atoms with Crippen LogP contribution in [0.1, 0.15) is 20.3 Å². The van der Waals surface area contributed by atoms with Crippen molar-refractivity contribution < 1.29 is 5.11 Å². The van der Waals surface area contributed by atoms with Crippen molar-refractivity contribution in [3.8, 4) is 0 Å². The third kappa shape index (κ3) is 3.59. The molecule has 1 rings (SSSR count). The molecule has 0 aliphatic carbocycles. The van der Waals surface area contributed by atoms with Gasteiger partial charge in [0.2, 0.25) is 0 Å².